The molecular weight excluding hydrogens is 304 g/mol. The van der Waals surface area contributed by atoms with E-state index in [0.29, 0.717) is 0 Å². The predicted molar refractivity (Wildman–Crippen MR) is 51.7 cm³/mol. The summed E-state index contributed by atoms with van der Waals surface area (Å²) in [5, 5.41) is 0. The summed E-state index contributed by atoms with van der Waals surface area (Å²) < 4.78 is 0. The van der Waals surface area contributed by atoms with Crippen LogP contribution in [0.25, 0.3) is 0 Å². The smallest absolute Gasteiger partial charge is 1.00 e. The van der Waals surface area contributed by atoms with Gasteiger partial charge in [0.25, 0.3) is 0 Å². The Morgan fingerprint density at radius 2 is 1.31 bits per heavy atom. The van der Waals surface area contributed by atoms with Crippen molar-refractivity contribution in [1.82, 2.24) is 0 Å². The normalized spacial score (nSPS) is 26.8. The van der Waals surface area contributed by atoms with Gasteiger partial charge in [-0.05, 0) is 30.6 Å². The van der Waals surface area contributed by atoms with Crippen LogP contribution in [0.2, 0.25) is 0 Å². The second-order valence-electron chi connectivity index (χ2n) is 4.26. The minimum absolute atomic E-state index is 0. The van der Waals surface area contributed by atoms with Crippen molar-refractivity contribution in [3.63, 3.8) is 0 Å². The molecular formula is C10H20Br2Mg. The van der Waals surface area contributed by atoms with Gasteiger partial charge in [-0.2, -0.15) is 0 Å². The van der Waals surface area contributed by atoms with Gasteiger partial charge in [-0.15, -0.1) is 0 Å². The van der Waals surface area contributed by atoms with Crippen LogP contribution >= 0.6 is 0 Å². The third kappa shape index (κ3) is 7.63. The first kappa shape index (κ1) is 20.2. The summed E-state index contributed by atoms with van der Waals surface area (Å²) in [6.45, 7) is 7.11. The summed E-state index contributed by atoms with van der Waals surface area (Å²) in [6, 6.07) is 0. The van der Waals surface area contributed by atoms with Crippen LogP contribution in [0, 0.1) is 17.8 Å². The fraction of sp³-hybridized carbons (Fsp3) is 1.00. The van der Waals surface area contributed by atoms with Gasteiger partial charge >= 0.3 is 23.1 Å². The van der Waals surface area contributed by atoms with Gasteiger partial charge in [-0.1, -0.05) is 33.6 Å². The molecule has 0 aromatic carbocycles. The molecule has 0 heterocycles. The second kappa shape index (κ2) is 10.3. The molecule has 76 valence electrons. The third-order valence-corrected chi connectivity index (χ3v) is 3.00. The monoisotopic (exact) mass is 322 g/mol. The molecule has 0 atom stereocenters. The van der Waals surface area contributed by atoms with Crippen molar-refractivity contribution >= 4 is 23.1 Å². The maximum absolute atomic E-state index is 2.39. The van der Waals surface area contributed by atoms with Gasteiger partial charge in [0.05, 0.1) is 0 Å². The number of hydrogen-bond donors (Lipinski definition) is 0. The topological polar surface area (TPSA) is 0 Å². The van der Waals surface area contributed by atoms with Crippen molar-refractivity contribution in [2.75, 3.05) is 0 Å². The molecule has 3 heteroatoms. The van der Waals surface area contributed by atoms with E-state index in [4.69, 9.17) is 0 Å². The quantitative estimate of drug-likeness (QED) is 0.454. The van der Waals surface area contributed by atoms with Crippen LogP contribution in [0.1, 0.15) is 46.5 Å². The van der Waals surface area contributed by atoms with Crippen molar-refractivity contribution in [1.29, 1.82) is 0 Å². The largest absolute Gasteiger partial charge is 2.00 e. The van der Waals surface area contributed by atoms with E-state index in [2.05, 4.69) is 20.8 Å². The first-order valence-electron chi connectivity index (χ1n) is 4.70. The fourth-order valence-corrected chi connectivity index (χ4v) is 1.95. The molecule has 0 aromatic heterocycles. The van der Waals surface area contributed by atoms with Gasteiger partial charge in [0.2, 0.25) is 0 Å². The molecule has 1 rings (SSSR count). The average Bonchev–Trinajstić information content (AvgIpc) is 1.88. The summed E-state index contributed by atoms with van der Waals surface area (Å²) in [5.41, 5.74) is 0. The molecule has 0 aromatic rings. The maximum atomic E-state index is 2.39. The average molecular weight is 324 g/mol. The van der Waals surface area contributed by atoms with Gasteiger partial charge in [0.1, 0.15) is 0 Å². The van der Waals surface area contributed by atoms with Crippen LogP contribution in [-0.2, 0) is 0 Å². The Kier molecular flexibility index (Phi) is 15.9. The Hall–Kier alpha value is 1.73. The Labute approximate surface area is 120 Å². The molecule has 1 aliphatic rings. The zero-order chi connectivity index (χ0) is 7.56. The van der Waals surface area contributed by atoms with Crippen molar-refractivity contribution in [2.24, 2.45) is 17.8 Å². The van der Waals surface area contributed by atoms with Crippen molar-refractivity contribution in [3.05, 3.63) is 0 Å². The number of halogens is 2. The third-order valence-electron chi connectivity index (χ3n) is 3.00. The molecule has 0 nitrogen and oxygen atoms in total. The Morgan fingerprint density at radius 3 is 1.62 bits per heavy atom. The molecule has 1 fully saturated rings. The van der Waals surface area contributed by atoms with Gasteiger partial charge in [0, 0.05) is 0 Å². The summed E-state index contributed by atoms with van der Waals surface area (Å²) in [6.07, 6.45) is 5.92. The Morgan fingerprint density at radius 1 is 0.923 bits per heavy atom. The minimum Gasteiger partial charge on any atom is -1.00 e. The molecule has 0 amide bonds. The molecule has 0 bridgehead atoms. The minimum atomic E-state index is 0. The van der Waals surface area contributed by atoms with Crippen LogP contribution in [0.4, 0.5) is 0 Å². The summed E-state index contributed by atoms with van der Waals surface area (Å²) in [7, 11) is 0. The second-order valence-corrected chi connectivity index (χ2v) is 4.26. The van der Waals surface area contributed by atoms with E-state index in [1.807, 2.05) is 0 Å². The molecule has 0 aliphatic heterocycles. The van der Waals surface area contributed by atoms with Crippen molar-refractivity contribution in [3.8, 4) is 0 Å². The summed E-state index contributed by atoms with van der Waals surface area (Å²) >= 11 is 0. The van der Waals surface area contributed by atoms with E-state index in [9.17, 15) is 0 Å². The molecule has 13 heavy (non-hydrogen) atoms. The molecule has 0 N–H and O–H groups in total. The Bertz CT molecular complexity index is 99.1. The van der Waals surface area contributed by atoms with Crippen LogP contribution in [0.15, 0.2) is 0 Å². The first-order chi connectivity index (χ1) is 4.70. The molecule has 0 radical (unpaired) electrons. The molecule has 0 spiro atoms. The van der Waals surface area contributed by atoms with E-state index in [0.717, 1.165) is 17.8 Å². The van der Waals surface area contributed by atoms with E-state index in [-0.39, 0.29) is 57.0 Å². The van der Waals surface area contributed by atoms with Crippen molar-refractivity contribution < 1.29 is 34.0 Å². The molecule has 1 aliphatic carbocycles. The van der Waals surface area contributed by atoms with E-state index in [1.165, 1.54) is 25.7 Å². The number of hydrogen-bond acceptors (Lipinski definition) is 0. The van der Waals surface area contributed by atoms with Crippen LogP contribution in [0.5, 0.6) is 0 Å². The molecule has 0 saturated heterocycles. The maximum Gasteiger partial charge on any atom is 2.00 e. The molecule has 0 unspecified atom stereocenters. The predicted octanol–water partition coefficient (Wildman–Crippen LogP) is -2.90. The standard InChI is InChI=1S/C10H20.2BrH.Mg/c1-8(2)10-6-4-9(3)5-7-10;;;/h8-10H,4-7H2,1-3H3;2*1H;/q;;;+2/p-2. The Balaban J connectivity index is -0.000000333. The van der Waals surface area contributed by atoms with Gasteiger partial charge < -0.3 is 34.0 Å². The fourth-order valence-electron chi connectivity index (χ4n) is 1.95. The van der Waals surface area contributed by atoms with Gasteiger partial charge in [0.15, 0.2) is 0 Å². The van der Waals surface area contributed by atoms with Crippen LogP contribution < -0.4 is 34.0 Å². The summed E-state index contributed by atoms with van der Waals surface area (Å²) in [5.74, 6) is 2.97. The first-order valence-corrected chi connectivity index (χ1v) is 4.70. The zero-order valence-electron chi connectivity index (χ0n) is 9.02. The van der Waals surface area contributed by atoms with Crippen LogP contribution in [0.3, 0.4) is 0 Å². The zero-order valence-corrected chi connectivity index (χ0v) is 13.6. The summed E-state index contributed by atoms with van der Waals surface area (Å²) in [4.78, 5) is 0. The number of rotatable bonds is 1. The van der Waals surface area contributed by atoms with Gasteiger partial charge in [-0.3, -0.25) is 0 Å². The van der Waals surface area contributed by atoms with E-state index in [1.54, 1.807) is 0 Å². The van der Waals surface area contributed by atoms with Gasteiger partial charge in [-0.25, -0.2) is 0 Å². The molecule has 1 saturated carbocycles. The van der Waals surface area contributed by atoms with E-state index >= 15 is 0 Å². The van der Waals surface area contributed by atoms with Crippen LogP contribution in [-0.4, -0.2) is 23.1 Å². The van der Waals surface area contributed by atoms with Crippen molar-refractivity contribution in [2.45, 2.75) is 46.5 Å². The van der Waals surface area contributed by atoms with E-state index < -0.39 is 0 Å². The SMILES string of the molecule is CC1CCC(C(C)C)CC1.[Br-].[Br-].[Mg+2].